The normalized spacial score (nSPS) is 10.7. The summed E-state index contributed by atoms with van der Waals surface area (Å²) in [4.78, 5) is 34.4. The highest BCUT2D eigenvalue weighted by molar-refractivity contribution is 5.91. The maximum absolute atomic E-state index is 12.5. The van der Waals surface area contributed by atoms with E-state index in [0.29, 0.717) is 41.4 Å². The van der Waals surface area contributed by atoms with E-state index in [1.54, 1.807) is 56.3 Å². The lowest BCUT2D eigenvalue weighted by Gasteiger charge is -2.09. The maximum Gasteiger partial charge on any atom is 0.343 e. The highest BCUT2D eigenvalue weighted by atomic mass is 16.5. The first-order valence-electron chi connectivity index (χ1n) is 12.1. The number of carboxylic acid groups (broad SMARTS) is 1. The third kappa shape index (κ3) is 10.6. The van der Waals surface area contributed by atoms with Crippen LogP contribution < -0.4 is 9.47 Å². The van der Waals surface area contributed by atoms with Crippen LogP contribution in [-0.2, 0) is 14.3 Å². The molecule has 0 atom stereocenters. The van der Waals surface area contributed by atoms with Crippen molar-refractivity contribution >= 4 is 24.0 Å². The van der Waals surface area contributed by atoms with Gasteiger partial charge in [0.05, 0.1) is 18.8 Å². The lowest BCUT2D eigenvalue weighted by Crippen LogP contribution is -2.09. The van der Waals surface area contributed by atoms with Crippen LogP contribution in [0.4, 0.5) is 0 Å². The molecular weight excluding hydrogens is 460 g/mol. The van der Waals surface area contributed by atoms with Crippen molar-refractivity contribution in [2.75, 3.05) is 13.2 Å². The van der Waals surface area contributed by atoms with Gasteiger partial charge in [0.2, 0.25) is 0 Å². The molecule has 0 aliphatic carbocycles. The van der Waals surface area contributed by atoms with E-state index >= 15 is 0 Å². The average Bonchev–Trinajstić information content (AvgIpc) is 2.85. The van der Waals surface area contributed by atoms with Crippen molar-refractivity contribution in [2.45, 2.75) is 52.4 Å². The summed E-state index contributed by atoms with van der Waals surface area (Å²) in [7, 11) is 0. The van der Waals surface area contributed by atoms with Crippen molar-refractivity contribution in [1.82, 2.24) is 0 Å². The fourth-order valence-corrected chi connectivity index (χ4v) is 3.29. The summed E-state index contributed by atoms with van der Waals surface area (Å²) in [6.45, 7) is 8.03. The Bertz CT molecular complexity index is 1070. The summed E-state index contributed by atoms with van der Waals surface area (Å²) >= 11 is 0. The Kier molecular flexibility index (Phi) is 12.0. The lowest BCUT2D eigenvalue weighted by molar-refractivity contribution is -0.139. The van der Waals surface area contributed by atoms with Gasteiger partial charge in [0.1, 0.15) is 11.5 Å². The first kappa shape index (κ1) is 28.4. The third-order valence-corrected chi connectivity index (χ3v) is 5.30. The van der Waals surface area contributed by atoms with Gasteiger partial charge in [-0.15, -0.1) is 0 Å². The number of esters is 2. The number of aryl methyl sites for hydroxylation is 1. The summed E-state index contributed by atoms with van der Waals surface area (Å²) in [5.41, 5.74) is 2.27. The first-order chi connectivity index (χ1) is 17.3. The molecule has 0 aliphatic heterocycles. The van der Waals surface area contributed by atoms with Gasteiger partial charge in [-0.25, -0.2) is 14.4 Å². The smallest absolute Gasteiger partial charge is 0.343 e. The SMILES string of the molecule is C=C(C)C(=O)OCCCCCCCCOc1ccc(C(=O)Oc2ccc(/C=C/C(=O)O)cc2C)cc1. The molecule has 0 saturated carbocycles. The second kappa shape index (κ2) is 15.2. The van der Waals surface area contributed by atoms with Crippen LogP contribution >= 0.6 is 0 Å². The van der Waals surface area contributed by atoms with Crippen molar-refractivity contribution in [2.24, 2.45) is 0 Å². The zero-order valence-electron chi connectivity index (χ0n) is 21.0. The maximum atomic E-state index is 12.5. The molecule has 0 heterocycles. The van der Waals surface area contributed by atoms with Crippen LogP contribution in [0.3, 0.4) is 0 Å². The van der Waals surface area contributed by atoms with Crippen LogP contribution in [0.25, 0.3) is 6.08 Å². The number of carboxylic acids is 1. The lowest BCUT2D eigenvalue weighted by atomic mass is 10.1. The molecule has 0 aromatic heterocycles. The quantitative estimate of drug-likeness (QED) is 0.137. The van der Waals surface area contributed by atoms with Crippen LogP contribution in [0.5, 0.6) is 11.5 Å². The van der Waals surface area contributed by atoms with Gasteiger partial charge >= 0.3 is 17.9 Å². The number of ether oxygens (including phenoxy) is 3. The summed E-state index contributed by atoms with van der Waals surface area (Å²) in [5.74, 6) is -0.723. The molecule has 7 nitrogen and oxygen atoms in total. The summed E-state index contributed by atoms with van der Waals surface area (Å²) < 4.78 is 16.3. The number of carbonyl (C=O) groups excluding carboxylic acids is 2. The third-order valence-electron chi connectivity index (χ3n) is 5.30. The van der Waals surface area contributed by atoms with Crippen molar-refractivity contribution in [3.63, 3.8) is 0 Å². The van der Waals surface area contributed by atoms with Crippen molar-refractivity contribution in [1.29, 1.82) is 0 Å². The second-order valence-electron chi connectivity index (χ2n) is 8.50. The zero-order valence-corrected chi connectivity index (χ0v) is 21.0. The molecule has 2 rings (SSSR count). The van der Waals surface area contributed by atoms with Crippen molar-refractivity contribution in [3.8, 4) is 11.5 Å². The molecule has 1 N–H and O–H groups in total. The summed E-state index contributed by atoms with van der Waals surface area (Å²) in [5, 5.41) is 8.72. The second-order valence-corrected chi connectivity index (χ2v) is 8.50. The molecule has 2 aromatic rings. The van der Waals surface area contributed by atoms with E-state index < -0.39 is 11.9 Å². The Balaban J connectivity index is 1.65. The minimum absolute atomic E-state index is 0.328. The minimum atomic E-state index is -1.02. The van der Waals surface area contributed by atoms with Crippen LogP contribution in [0.2, 0.25) is 0 Å². The summed E-state index contributed by atoms with van der Waals surface area (Å²) in [6, 6.07) is 11.9. The van der Waals surface area contributed by atoms with Crippen LogP contribution in [0.1, 0.15) is 66.9 Å². The number of carbonyl (C=O) groups is 3. The molecule has 0 unspecified atom stereocenters. The molecule has 0 radical (unpaired) electrons. The predicted molar refractivity (Wildman–Crippen MR) is 138 cm³/mol. The minimum Gasteiger partial charge on any atom is -0.494 e. The predicted octanol–water partition coefficient (Wildman–Crippen LogP) is 6.15. The number of hydrogen-bond acceptors (Lipinski definition) is 6. The van der Waals surface area contributed by atoms with Gasteiger partial charge in [-0.1, -0.05) is 38.3 Å². The molecule has 36 heavy (non-hydrogen) atoms. The molecule has 0 spiro atoms. The van der Waals surface area contributed by atoms with Crippen LogP contribution in [0.15, 0.2) is 60.7 Å². The van der Waals surface area contributed by atoms with Crippen LogP contribution in [0, 0.1) is 6.92 Å². The topological polar surface area (TPSA) is 99.1 Å². The highest BCUT2D eigenvalue weighted by Gasteiger charge is 2.11. The number of benzene rings is 2. The van der Waals surface area contributed by atoms with Gasteiger partial charge in [-0.2, -0.15) is 0 Å². The molecule has 0 bridgehead atoms. The molecule has 0 saturated heterocycles. The largest absolute Gasteiger partial charge is 0.494 e. The van der Waals surface area contributed by atoms with E-state index in [0.717, 1.165) is 50.2 Å². The molecule has 0 fully saturated rings. The van der Waals surface area contributed by atoms with E-state index in [1.165, 1.54) is 6.08 Å². The monoisotopic (exact) mass is 494 g/mol. The zero-order chi connectivity index (χ0) is 26.3. The molecule has 0 aliphatic rings. The molecular formula is C29H34O7. The van der Waals surface area contributed by atoms with Gasteiger partial charge in [0.25, 0.3) is 0 Å². The van der Waals surface area contributed by atoms with Crippen LogP contribution in [-0.4, -0.2) is 36.2 Å². The molecule has 7 heteroatoms. The van der Waals surface area contributed by atoms with Gasteiger partial charge in [0.15, 0.2) is 0 Å². The van der Waals surface area contributed by atoms with E-state index in [9.17, 15) is 14.4 Å². The Morgan fingerprint density at radius 2 is 1.56 bits per heavy atom. The van der Waals surface area contributed by atoms with E-state index in [2.05, 4.69) is 6.58 Å². The van der Waals surface area contributed by atoms with E-state index in [-0.39, 0.29) is 5.97 Å². The molecule has 2 aromatic carbocycles. The van der Waals surface area contributed by atoms with E-state index in [4.69, 9.17) is 19.3 Å². The Hall–Kier alpha value is -3.87. The Morgan fingerprint density at radius 3 is 2.17 bits per heavy atom. The van der Waals surface area contributed by atoms with E-state index in [1.807, 2.05) is 0 Å². The standard InChI is InChI=1S/C29H34O7/c1-21(2)28(32)35-19-9-7-5-4-6-8-18-34-25-14-12-24(13-15-25)29(33)36-26-16-10-23(20-22(26)3)11-17-27(30)31/h10-17,20H,1,4-9,18-19H2,2-3H3,(H,30,31)/b17-11+. The number of unbranched alkanes of at least 4 members (excludes halogenated alkanes) is 5. The average molecular weight is 495 g/mol. The Morgan fingerprint density at radius 1 is 0.917 bits per heavy atom. The number of aliphatic carboxylic acids is 1. The fraction of sp³-hybridized carbons (Fsp3) is 0.345. The molecule has 192 valence electrons. The van der Waals surface area contributed by atoms with Gasteiger partial charge in [-0.3, -0.25) is 0 Å². The highest BCUT2D eigenvalue weighted by Crippen LogP contribution is 2.22. The van der Waals surface area contributed by atoms with Gasteiger partial charge < -0.3 is 19.3 Å². The van der Waals surface area contributed by atoms with Crippen molar-refractivity contribution < 1.29 is 33.7 Å². The van der Waals surface area contributed by atoms with Crippen molar-refractivity contribution in [3.05, 3.63) is 77.4 Å². The Labute approximate surface area is 212 Å². The fourth-order valence-electron chi connectivity index (χ4n) is 3.29. The van der Waals surface area contributed by atoms with Gasteiger partial charge in [-0.05, 0) is 80.3 Å². The number of hydrogen-bond donors (Lipinski definition) is 1. The molecule has 0 amide bonds. The number of rotatable bonds is 15. The summed E-state index contributed by atoms with van der Waals surface area (Å²) in [6.07, 6.45) is 8.59. The first-order valence-corrected chi connectivity index (χ1v) is 12.1. The van der Waals surface area contributed by atoms with Gasteiger partial charge in [0, 0.05) is 11.6 Å².